The number of carbonyl (C=O) groups is 1. The predicted molar refractivity (Wildman–Crippen MR) is 64.8 cm³/mol. The third-order valence-corrected chi connectivity index (χ3v) is 2.98. The van der Waals surface area contributed by atoms with E-state index >= 15 is 0 Å². The molecule has 0 aliphatic carbocycles. The van der Waals surface area contributed by atoms with Crippen molar-refractivity contribution in [3.63, 3.8) is 0 Å². The Kier molecular flexibility index (Phi) is 3.98. The van der Waals surface area contributed by atoms with Gasteiger partial charge in [0.25, 0.3) is 0 Å². The van der Waals surface area contributed by atoms with E-state index in [0.29, 0.717) is 0 Å². The summed E-state index contributed by atoms with van der Waals surface area (Å²) < 4.78 is 1.88. The highest BCUT2D eigenvalue weighted by Crippen LogP contribution is 1.97. The maximum atomic E-state index is 11.2. The zero-order chi connectivity index (χ0) is 12.1. The van der Waals surface area contributed by atoms with Crippen molar-refractivity contribution in [2.75, 3.05) is 32.7 Å². The highest BCUT2D eigenvalue weighted by molar-refractivity contribution is 5.76. The van der Waals surface area contributed by atoms with E-state index in [0.717, 1.165) is 39.1 Å². The Bertz CT molecular complexity index is 376. The van der Waals surface area contributed by atoms with Gasteiger partial charge in [-0.25, -0.2) is 4.79 Å². The number of urea groups is 1. The van der Waals surface area contributed by atoms with Crippen molar-refractivity contribution in [3.8, 4) is 0 Å². The van der Waals surface area contributed by atoms with Crippen LogP contribution in [0.3, 0.4) is 0 Å². The van der Waals surface area contributed by atoms with Gasteiger partial charge in [0, 0.05) is 58.1 Å². The molecule has 0 atom stereocenters. The van der Waals surface area contributed by atoms with Crippen molar-refractivity contribution in [3.05, 3.63) is 18.0 Å². The molecule has 1 aromatic rings. The molecule has 1 aliphatic heterocycles. The van der Waals surface area contributed by atoms with Gasteiger partial charge >= 0.3 is 6.03 Å². The molecule has 17 heavy (non-hydrogen) atoms. The van der Waals surface area contributed by atoms with Crippen molar-refractivity contribution in [1.29, 1.82) is 0 Å². The Balaban J connectivity index is 1.58. The third kappa shape index (κ3) is 3.20. The van der Waals surface area contributed by atoms with Crippen LogP contribution >= 0.6 is 0 Å². The molecule has 0 unspecified atom stereocenters. The number of rotatable bonds is 6. The van der Waals surface area contributed by atoms with Gasteiger partial charge in [0.1, 0.15) is 0 Å². The van der Waals surface area contributed by atoms with E-state index in [1.165, 1.54) is 5.69 Å². The quantitative estimate of drug-likeness (QED) is 0.660. The van der Waals surface area contributed by atoms with Crippen molar-refractivity contribution in [2.45, 2.75) is 6.42 Å². The Morgan fingerprint density at radius 1 is 1.53 bits per heavy atom. The first kappa shape index (κ1) is 11.9. The second kappa shape index (κ2) is 5.67. The molecule has 0 bridgehead atoms. The number of aryl methyl sites for hydroxylation is 1. The van der Waals surface area contributed by atoms with Gasteiger partial charge in [0.2, 0.25) is 0 Å². The molecule has 6 heteroatoms. The van der Waals surface area contributed by atoms with Gasteiger partial charge in [-0.2, -0.15) is 5.10 Å². The Morgan fingerprint density at radius 2 is 2.41 bits per heavy atom. The second-order valence-electron chi connectivity index (χ2n) is 4.17. The number of hydrogen-bond donors (Lipinski definition) is 2. The van der Waals surface area contributed by atoms with E-state index in [4.69, 9.17) is 0 Å². The second-order valence-corrected chi connectivity index (χ2v) is 4.17. The largest absolute Gasteiger partial charge is 0.336 e. The number of aromatic nitrogens is 2. The molecule has 94 valence electrons. The van der Waals surface area contributed by atoms with Gasteiger partial charge in [0.15, 0.2) is 0 Å². The molecule has 2 rings (SSSR count). The molecule has 0 saturated carbocycles. The minimum absolute atomic E-state index is 0.0541. The topological polar surface area (TPSA) is 62.2 Å². The van der Waals surface area contributed by atoms with Gasteiger partial charge in [-0.3, -0.25) is 4.68 Å². The lowest BCUT2D eigenvalue weighted by atomic mass is 10.3. The smallest absolute Gasteiger partial charge is 0.317 e. The van der Waals surface area contributed by atoms with Crippen LogP contribution in [0.2, 0.25) is 0 Å². The molecular formula is C11H19N5O. The van der Waals surface area contributed by atoms with Crippen LogP contribution in [0.4, 0.5) is 4.79 Å². The van der Waals surface area contributed by atoms with E-state index in [2.05, 4.69) is 15.7 Å². The molecule has 0 spiro atoms. The summed E-state index contributed by atoms with van der Waals surface area (Å²) in [6.45, 7) is 4.12. The molecule has 1 aliphatic rings. The van der Waals surface area contributed by atoms with Crippen LogP contribution in [0.15, 0.2) is 12.3 Å². The zero-order valence-corrected chi connectivity index (χ0v) is 10.1. The van der Waals surface area contributed by atoms with E-state index in [9.17, 15) is 4.79 Å². The fourth-order valence-electron chi connectivity index (χ4n) is 1.93. The average Bonchev–Trinajstić information content (AvgIpc) is 2.89. The predicted octanol–water partition coefficient (Wildman–Crippen LogP) is -0.423. The lowest BCUT2D eigenvalue weighted by Gasteiger charge is -2.14. The molecule has 1 aromatic heterocycles. The zero-order valence-electron chi connectivity index (χ0n) is 10.1. The number of carbonyl (C=O) groups excluding carboxylic acids is 1. The van der Waals surface area contributed by atoms with Crippen molar-refractivity contribution < 1.29 is 4.79 Å². The van der Waals surface area contributed by atoms with Gasteiger partial charge in [-0.1, -0.05) is 0 Å². The van der Waals surface area contributed by atoms with Crippen LogP contribution in [-0.4, -0.2) is 53.4 Å². The van der Waals surface area contributed by atoms with Crippen LogP contribution in [0.25, 0.3) is 0 Å². The highest BCUT2D eigenvalue weighted by Gasteiger charge is 2.17. The fraction of sp³-hybridized carbons (Fsp3) is 0.636. The SMILES string of the molecule is Cn1nccc1CCNCCN1CCNC1=O. The standard InChI is InChI=1S/C11H19N5O/c1-15-10(3-5-14-15)2-4-12-6-8-16-9-7-13-11(16)17/h3,5,12H,2,4,6-9H2,1H3,(H,13,17). The monoisotopic (exact) mass is 237 g/mol. The van der Waals surface area contributed by atoms with Crippen LogP contribution < -0.4 is 10.6 Å². The minimum atomic E-state index is 0.0541. The van der Waals surface area contributed by atoms with E-state index in [-0.39, 0.29) is 6.03 Å². The molecule has 1 fully saturated rings. The third-order valence-electron chi connectivity index (χ3n) is 2.98. The summed E-state index contributed by atoms with van der Waals surface area (Å²) >= 11 is 0. The lowest BCUT2D eigenvalue weighted by Crippen LogP contribution is -2.35. The first-order valence-electron chi connectivity index (χ1n) is 5.98. The molecule has 2 heterocycles. The maximum absolute atomic E-state index is 11.2. The lowest BCUT2D eigenvalue weighted by molar-refractivity contribution is 0.217. The molecule has 0 radical (unpaired) electrons. The summed E-state index contributed by atoms with van der Waals surface area (Å²) in [5.41, 5.74) is 1.22. The average molecular weight is 237 g/mol. The van der Waals surface area contributed by atoms with E-state index in [1.54, 1.807) is 0 Å². The summed E-state index contributed by atoms with van der Waals surface area (Å²) in [5, 5.41) is 10.2. The van der Waals surface area contributed by atoms with Crippen LogP contribution in [-0.2, 0) is 13.5 Å². The van der Waals surface area contributed by atoms with Crippen molar-refractivity contribution in [1.82, 2.24) is 25.3 Å². The molecule has 2 N–H and O–H groups in total. The van der Waals surface area contributed by atoms with Gasteiger partial charge in [-0.15, -0.1) is 0 Å². The number of hydrogen-bond acceptors (Lipinski definition) is 3. The van der Waals surface area contributed by atoms with E-state index in [1.807, 2.05) is 28.9 Å². The van der Waals surface area contributed by atoms with Crippen LogP contribution in [0, 0.1) is 0 Å². The Hall–Kier alpha value is -1.56. The first-order chi connectivity index (χ1) is 8.27. The minimum Gasteiger partial charge on any atom is -0.336 e. The molecule has 2 amide bonds. The van der Waals surface area contributed by atoms with Gasteiger partial charge in [-0.05, 0) is 6.07 Å². The van der Waals surface area contributed by atoms with Crippen LogP contribution in [0.5, 0.6) is 0 Å². The first-order valence-corrected chi connectivity index (χ1v) is 5.98. The molecule has 6 nitrogen and oxygen atoms in total. The number of amides is 2. The highest BCUT2D eigenvalue weighted by atomic mass is 16.2. The number of nitrogens with zero attached hydrogens (tertiary/aromatic N) is 3. The summed E-state index contributed by atoms with van der Waals surface area (Å²) in [5.74, 6) is 0. The summed E-state index contributed by atoms with van der Waals surface area (Å²) in [6.07, 6.45) is 2.77. The summed E-state index contributed by atoms with van der Waals surface area (Å²) in [6, 6.07) is 2.08. The molecule has 1 saturated heterocycles. The fourth-order valence-corrected chi connectivity index (χ4v) is 1.93. The van der Waals surface area contributed by atoms with Gasteiger partial charge in [0.05, 0.1) is 0 Å². The Labute approximate surface area is 101 Å². The summed E-state index contributed by atoms with van der Waals surface area (Å²) in [4.78, 5) is 13.1. The van der Waals surface area contributed by atoms with Crippen LogP contribution in [0.1, 0.15) is 5.69 Å². The normalized spacial score (nSPS) is 15.4. The molecule has 0 aromatic carbocycles. The van der Waals surface area contributed by atoms with Crippen molar-refractivity contribution >= 4 is 6.03 Å². The van der Waals surface area contributed by atoms with Gasteiger partial charge < -0.3 is 15.5 Å². The number of nitrogens with one attached hydrogen (secondary N) is 2. The maximum Gasteiger partial charge on any atom is 0.317 e. The molecular weight excluding hydrogens is 218 g/mol. The van der Waals surface area contributed by atoms with E-state index < -0.39 is 0 Å². The Morgan fingerprint density at radius 3 is 3.06 bits per heavy atom. The summed E-state index contributed by atoms with van der Waals surface area (Å²) in [7, 11) is 1.95. The van der Waals surface area contributed by atoms with Crippen molar-refractivity contribution in [2.24, 2.45) is 7.05 Å².